The Morgan fingerprint density at radius 2 is 2.12 bits per heavy atom. The average Bonchev–Trinajstić information content (AvgIpc) is 3.01. The third-order valence-corrected chi connectivity index (χ3v) is 3.67. The zero-order valence-corrected chi connectivity index (χ0v) is 10.8. The molecule has 3 nitrogen and oxygen atoms in total. The lowest BCUT2D eigenvalue weighted by atomic mass is 9.91. The lowest BCUT2D eigenvalue weighted by Gasteiger charge is -2.29. The number of carbonyl (C=O) groups excluding carboxylic acids is 1. The van der Waals surface area contributed by atoms with E-state index in [0.29, 0.717) is 6.04 Å². The number of carbonyl (C=O) groups is 1. The van der Waals surface area contributed by atoms with Gasteiger partial charge < -0.3 is 5.73 Å². The predicted octanol–water partition coefficient (Wildman–Crippen LogP) is 1.90. The van der Waals surface area contributed by atoms with Crippen LogP contribution in [0, 0.1) is 0 Å². The number of rotatable bonds is 4. The molecule has 1 atom stereocenters. The molecule has 1 aromatic carbocycles. The fraction of sp³-hybridized carbons (Fsp3) is 0.417. The predicted molar refractivity (Wildman–Crippen MR) is 66.8 cm³/mol. The van der Waals surface area contributed by atoms with Crippen molar-refractivity contribution >= 4 is 21.8 Å². The highest BCUT2D eigenvalue weighted by Crippen LogP contribution is 2.32. The van der Waals surface area contributed by atoms with E-state index in [4.69, 9.17) is 5.73 Å². The maximum atomic E-state index is 11.7. The molecule has 1 fully saturated rings. The van der Waals surface area contributed by atoms with E-state index in [2.05, 4.69) is 21.2 Å². The highest BCUT2D eigenvalue weighted by atomic mass is 79.9. The first-order valence-electron chi connectivity index (χ1n) is 5.36. The highest BCUT2D eigenvalue weighted by Gasteiger charge is 2.39. The Morgan fingerprint density at radius 3 is 2.62 bits per heavy atom. The summed E-state index contributed by atoms with van der Waals surface area (Å²) in [6, 6.07) is 8.10. The Kier molecular flexibility index (Phi) is 3.04. The van der Waals surface area contributed by atoms with Crippen LogP contribution in [0.5, 0.6) is 0 Å². The minimum Gasteiger partial charge on any atom is -0.368 e. The Labute approximate surface area is 104 Å². The van der Waals surface area contributed by atoms with Crippen LogP contribution in [0.25, 0.3) is 0 Å². The molecular formula is C12H15BrN2O. The fourth-order valence-electron chi connectivity index (χ4n) is 1.78. The van der Waals surface area contributed by atoms with Crippen molar-refractivity contribution in [3.05, 3.63) is 34.3 Å². The van der Waals surface area contributed by atoms with E-state index in [1.54, 1.807) is 0 Å². The summed E-state index contributed by atoms with van der Waals surface area (Å²) >= 11 is 3.46. The van der Waals surface area contributed by atoms with Crippen LogP contribution in [0.4, 0.5) is 0 Å². The van der Waals surface area contributed by atoms with E-state index in [0.717, 1.165) is 22.9 Å². The maximum absolute atomic E-state index is 11.7. The van der Waals surface area contributed by atoms with Crippen molar-refractivity contribution < 1.29 is 4.79 Å². The first kappa shape index (κ1) is 11.6. The number of nitrogens with one attached hydrogen (secondary N) is 1. The number of primary amides is 1. The first-order valence-corrected chi connectivity index (χ1v) is 6.16. The molecule has 86 valence electrons. The van der Waals surface area contributed by atoms with Gasteiger partial charge in [0.25, 0.3) is 0 Å². The number of halogens is 1. The largest absolute Gasteiger partial charge is 0.368 e. The molecule has 3 N–H and O–H groups in total. The molecule has 0 aromatic heterocycles. The van der Waals surface area contributed by atoms with Crippen molar-refractivity contribution in [1.29, 1.82) is 0 Å². The molecule has 0 aliphatic heterocycles. The topological polar surface area (TPSA) is 55.1 Å². The monoisotopic (exact) mass is 282 g/mol. The third kappa shape index (κ3) is 2.13. The average molecular weight is 283 g/mol. The molecule has 0 bridgehead atoms. The molecule has 1 aliphatic carbocycles. The van der Waals surface area contributed by atoms with E-state index >= 15 is 0 Å². The number of hydrogen-bond acceptors (Lipinski definition) is 2. The van der Waals surface area contributed by atoms with Crippen LogP contribution in [0.1, 0.15) is 25.3 Å². The summed E-state index contributed by atoms with van der Waals surface area (Å²) in [6.07, 6.45) is 2.24. The molecule has 1 aromatic rings. The quantitative estimate of drug-likeness (QED) is 0.886. The van der Waals surface area contributed by atoms with Gasteiger partial charge in [-0.2, -0.15) is 0 Å². The summed E-state index contributed by atoms with van der Waals surface area (Å²) in [6.45, 7) is 1.84. The number of amides is 1. The first-order chi connectivity index (χ1) is 7.54. The van der Waals surface area contributed by atoms with Crippen molar-refractivity contribution in [2.24, 2.45) is 5.73 Å². The molecule has 1 saturated carbocycles. The van der Waals surface area contributed by atoms with E-state index in [-0.39, 0.29) is 5.91 Å². The number of benzene rings is 1. The second kappa shape index (κ2) is 4.18. The Hall–Kier alpha value is -0.870. The molecule has 1 unspecified atom stereocenters. The van der Waals surface area contributed by atoms with Crippen molar-refractivity contribution in [3.63, 3.8) is 0 Å². The summed E-state index contributed by atoms with van der Waals surface area (Å²) in [5.41, 5.74) is 5.63. The van der Waals surface area contributed by atoms with Gasteiger partial charge in [0, 0.05) is 10.5 Å². The second-order valence-electron chi connectivity index (χ2n) is 4.39. The lowest BCUT2D eigenvalue weighted by molar-refractivity contribution is -0.124. The second-order valence-corrected chi connectivity index (χ2v) is 5.24. The number of nitrogens with two attached hydrogens (primary N) is 1. The van der Waals surface area contributed by atoms with Gasteiger partial charge in [0.15, 0.2) is 0 Å². The van der Waals surface area contributed by atoms with Gasteiger partial charge in [0.05, 0.1) is 0 Å². The Balaban J connectivity index is 2.38. The number of hydrogen-bond donors (Lipinski definition) is 2. The van der Waals surface area contributed by atoms with Gasteiger partial charge in [0.2, 0.25) is 5.91 Å². The Morgan fingerprint density at radius 1 is 1.50 bits per heavy atom. The lowest BCUT2D eigenvalue weighted by Crippen LogP contribution is -2.51. The van der Waals surface area contributed by atoms with Crippen molar-refractivity contribution in [1.82, 2.24) is 5.32 Å². The Bertz CT molecular complexity index is 417. The van der Waals surface area contributed by atoms with Gasteiger partial charge in [-0.05, 0) is 31.4 Å². The van der Waals surface area contributed by atoms with Crippen molar-refractivity contribution in [2.45, 2.75) is 31.3 Å². The van der Waals surface area contributed by atoms with Gasteiger partial charge in [-0.1, -0.05) is 34.1 Å². The van der Waals surface area contributed by atoms with Crippen LogP contribution in [-0.2, 0) is 10.3 Å². The zero-order valence-electron chi connectivity index (χ0n) is 9.16. The summed E-state index contributed by atoms with van der Waals surface area (Å²) < 4.78 is 0.907. The molecule has 1 aliphatic rings. The van der Waals surface area contributed by atoms with Crippen LogP contribution in [0.3, 0.4) is 0 Å². The fourth-order valence-corrected chi connectivity index (χ4v) is 2.47. The van der Waals surface area contributed by atoms with Crippen molar-refractivity contribution in [2.75, 3.05) is 0 Å². The standard InChI is InChI=1S/C12H15BrN2O/c1-12(11(14)16,15-8-6-7-8)9-4-2-3-5-10(9)13/h2-5,8,15H,6-7H2,1H3,(H2,14,16). The molecule has 0 saturated heterocycles. The van der Waals surface area contributed by atoms with Crippen molar-refractivity contribution in [3.8, 4) is 0 Å². The summed E-state index contributed by atoms with van der Waals surface area (Å²) in [5.74, 6) is -0.341. The van der Waals surface area contributed by atoms with Gasteiger partial charge in [-0.3, -0.25) is 10.1 Å². The van der Waals surface area contributed by atoms with Crippen LogP contribution >= 0.6 is 15.9 Å². The molecule has 0 heterocycles. The third-order valence-electron chi connectivity index (χ3n) is 2.98. The van der Waals surface area contributed by atoms with Crippen LogP contribution in [0.15, 0.2) is 28.7 Å². The smallest absolute Gasteiger partial charge is 0.242 e. The zero-order chi connectivity index (χ0) is 11.8. The molecule has 16 heavy (non-hydrogen) atoms. The summed E-state index contributed by atoms with van der Waals surface area (Å²) in [7, 11) is 0. The molecule has 1 amide bonds. The van der Waals surface area contributed by atoms with Gasteiger partial charge in [-0.15, -0.1) is 0 Å². The van der Waals surface area contributed by atoms with Crippen LogP contribution in [-0.4, -0.2) is 11.9 Å². The molecular weight excluding hydrogens is 268 g/mol. The summed E-state index contributed by atoms with van der Waals surface area (Å²) in [4.78, 5) is 11.7. The molecule has 0 spiro atoms. The molecule has 4 heteroatoms. The van der Waals surface area contributed by atoms with E-state index in [9.17, 15) is 4.79 Å². The molecule has 2 rings (SSSR count). The minimum atomic E-state index is -0.790. The SMILES string of the molecule is CC(NC1CC1)(C(N)=O)c1ccccc1Br. The van der Waals surface area contributed by atoms with Gasteiger partial charge in [0.1, 0.15) is 5.54 Å². The van der Waals surface area contributed by atoms with E-state index in [1.807, 2.05) is 31.2 Å². The normalized spacial score (nSPS) is 19.1. The molecule has 0 radical (unpaired) electrons. The summed E-state index contributed by atoms with van der Waals surface area (Å²) in [5, 5.41) is 3.32. The van der Waals surface area contributed by atoms with Gasteiger partial charge >= 0.3 is 0 Å². The highest BCUT2D eigenvalue weighted by molar-refractivity contribution is 9.10. The van der Waals surface area contributed by atoms with Crippen LogP contribution in [0.2, 0.25) is 0 Å². The maximum Gasteiger partial charge on any atom is 0.242 e. The van der Waals surface area contributed by atoms with E-state index < -0.39 is 5.54 Å². The van der Waals surface area contributed by atoms with Crippen LogP contribution < -0.4 is 11.1 Å². The van der Waals surface area contributed by atoms with E-state index in [1.165, 1.54) is 0 Å². The minimum absolute atomic E-state index is 0.341. The van der Waals surface area contributed by atoms with Gasteiger partial charge in [-0.25, -0.2) is 0 Å².